The number of rotatable bonds is 6. The summed E-state index contributed by atoms with van der Waals surface area (Å²) in [6.07, 6.45) is 1.19. The first kappa shape index (κ1) is 23.8. The van der Waals surface area contributed by atoms with Crippen molar-refractivity contribution < 1.29 is 14.7 Å². The van der Waals surface area contributed by atoms with Gasteiger partial charge in [0.1, 0.15) is 0 Å². The van der Waals surface area contributed by atoms with E-state index in [1.807, 2.05) is 37.3 Å². The largest absolute Gasteiger partial charge is 0.478 e. The van der Waals surface area contributed by atoms with E-state index in [9.17, 15) is 9.59 Å². The van der Waals surface area contributed by atoms with E-state index in [2.05, 4.69) is 50.7 Å². The van der Waals surface area contributed by atoms with Crippen LogP contribution in [0.4, 0.5) is 5.69 Å². The molecule has 0 aliphatic rings. The zero-order chi connectivity index (χ0) is 22.9. The molecule has 1 amide bonds. The minimum Gasteiger partial charge on any atom is -0.478 e. The van der Waals surface area contributed by atoms with Crippen LogP contribution in [0.1, 0.15) is 28.4 Å². The predicted octanol–water partition coefficient (Wildman–Crippen LogP) is 4.83. The van der Waals surface area contributed by atoms with E-state index in [-0.39, 0.29) is 5.91 Å². The van der Waals surface area contributed by atoms with Gasteiger partial charge < -0.3 is 10.4 Å². The third-order valence-corrected chi connectivity index (χ3v) is 9.22. The summed E-state index contributed by atoms with van der Waals surface area (Å²) in [7, 11) is -3.13. The smallest absolute Gasteiger partial charge is 0.328 e. The maximum Gasteiger partial charge on any atom is 0.328 e. The number of allylic oxidation sites excluding steroid dienone is 1. The Labute approximate surface area is 182 Å². The molecule has 0 unspecified atom stereocenters. The van der Waals surface area contributed by atoms with E-state index in [0.29, 0.717) is 16.8 Å². The molecular formula is C24H33NO3Si2. The van der Waals surface area contributed by atoms with Crippen LogP contribution < -0.4 is 15.7 Å². The number of carbonyl (C=O) groups is 2. The molecule has 0 atom stereocenters. The Kier molecular flexibility index (Phi) is 6.94. The number of carboxylic acid groups (broad SMARTS) is 1. The molecule has 160 valence electrons. The summed E-state index contributed by atoms with van der Waals surface area (Å²) in [4.78, 5) is 24.0. The fourth-order valence-corrected chi connectivity index (χ4v) is 5.77. The van der Waals surface area contributed by atoms with E-state index in [1.165, 1.54) is 16.4 Å². The van der Waals surface area contributed by atoms with Gasteiger partial charge in [-0.05, 0) is 42.7 Å². The van der Waals surface area contributed by atoms with Crippen LogP contribution in [0.3, 0.4) is 0 Å². The highest BCUT2D eigenvalue weighted by atomic mass is 28.3. The Hall–Kier alpha value is -2.45. The Bertz CT molecular complexity index is 980. The van der Waals surface area contributed by atoms with Crippen molar-refractivity contribution in [2.24, 2.45) is 0 Å². The standard InChI is InChI=1S/C24H33NO3Si2/c1-16-11-19(9-10-22(16)17(2)12-23(26)27)25-24(28)18-13-20(29(3,4)5)15-21(14-18)30(6,7)8/h9-15H,1-8H3,(H,25,28)(H,26,27)/b17-12+. The highest BCUT2D eigenvalue weighted by Gasteiger charge is 2.24. The van der Waals surface area contributed by atoms with Crippen LogP contribution in [0.15, 0.2) is 42.5 Å². The molecule has 0 bridgehead atoms. The molecule has 4 nitrogen and oxygen atoms in total. The third kappa shape index (κ3) is 6.03. The maximum atomic E-state index is 13.1. The van der Waals surface area contributed by atoms with Crippen molar-refractivity contribution in [3.05, 3.63) is 59.2 Å². The maximum absolute atomic E-state index is 13.1. The second-order valence-electron chi connectivity index (χ2n) is 9.95. The highest BCUT2D eigenvalue weighted by Crippen LogP contribution is 2.22. The summed E-state index contributed by atoms with van der Waals surface area (Å²) in [5.74, 6) is -1.08. The van der Waals surface area contributed by atoms with E-state index >= 15 is 0 Å². The van der Waals surface area contributed by atoms with E-state index in [0.717, 1.165) is 11.1 Å². The summed E-state index contributed by atoms with van der Waals surface area (Å²) in [5, 5.41) is 14.6. The molecule has 0 fully saturated rings. The summed E-state index contributed by atoms with van der Waals surface area (Å²) >= 11 is 0. The lowest BCUT2D eigenvalue weighted by Gasteiger charge is -2.24. The molecule has 0 heterocycles. The molecule has 6 heteroatoms. The quantitative estimate of drug-likeness (QED) is 0.501. The summed E-state index contributed by atoms with van der Waals surface area (Å²) in [5.41, 5.74) is 3.87. The number of nitrogens with one attached hydrogen (secondary N) is 1. The van der Waals surface area contributed by atoms with Gasteiger partial charge in [-0.2, -0.15) is 0 Å². The molecule has 0 aromatic heterocycles. The molecular weight excluding hydrogens is 406 g/mol. The molecule has 2 rings (SSSR count). The number of hydrogen-bond donors (Lipinski definition) is 2. The van der Waals surface area contributed by atoms with Gasteiger partial charge in [-0.25, -0.2) is 4.79 Å². The predicted molar refractivity (Wildman–Crippen MR) is 133 cm³/mol. The molecule has 0 radical (unpaired) electrons. The molecule has 2 aromatic rings. The lowest BCUT2D eigenvalue weighted by Crippen LogP contribution is -2.46. The Morgan fingerprint density at radius 1 is 0.900 bits per heavy atom. The van der Waals surface area contributed by atoms with Crippen LogP contribution in [0.5, 0.6) is 0 Å². The van der Waals surface area contributed by atoms with Gasteiger partial charge in [0, 0.05) is 17.3 Å². The summed E-state index contributed by atoms with van der Waals surface area (Å²) < 4.78 is 0. The number of amides is 1. The second-order valence-corrected chi connectivity index (χ2v) is 20.1. The van der Waals surface area contributed by atoms with E-state index < -0.39 is 22.1 Å². The topological polar surface area (TPSA) is 66.4 Å². The van der Waals surface area contributed by atoms with Crippen LogP contribution in [0.25, 0.3) is 5.57 Å². The number of carboxylic acids is 1. The summed E-state index contributed by atoms with van der Waals surface area (Å²) in [6, 6.07) is 12.0. The van der Waals surface area contributed by atoms with Crippen molar-refractivity contribution in [2.75, 3.05) is 5.32 Å². The van der Waals surface area contributed by atoms with Crippen molar-refractivity contribution in [3.8, 4) is 0 Å². The number of carbonyl (C=O) groups excluding carboxylic acids is 1. The Balaban J connectivity index is 2.38. The first-order chi connectivity index (χ1) is 13.7. The fraction of sp³-hybridized carbons (Fsp3) is 0.333. The normalized spacial score (nSPS) is 12.6. The fourth-order valence-electron chi connectivity index (χ4n) is 3.27. The molecule has 0 aliphatic heterocycles. The number of anilines is 1. The number of aliphatic carboxylic acids is 1. The minimum atomic E-state index is -1.57. The van der Waals surface area contributed by atoms with Gasteiger partial charge in [0.2, 0.25) is 0 Å². The van der Waals surface area contributed by atoms with Crippen LogP contribution in [-0.2, 0) is 4.79 Å². The zero-order valence-corrected chi connectivity index (χ0v) is 21.3. The van der Waals surface area contributed by atoms with Crippen LogP contribution in [-0.4, -0.2) is 33.1 Å². The number of aryl methyl sites for hydroxylation is 1. The van der Waals surface area contributed by atoms with Crippen molar-refractivity contribution in [3.63, 3.8) is 0 Å². The third-order valence-electron chi connectivity index (χ3n) is 5.18. The highest BCUT2D eigenvalue weighted by molar-refractivity contribution is 6.91. The van der Waals surface area contributed by atoms with Gasteiger partial charge in [-0.15, -0.1) is 0 Å². The van der Waals surface area contributed by atoms with Gasteiger partial charge >= 0.3 is 5.97 Å². The van der Waals surface area contributed by atoms with E-state index in [1.54, 1.807) is 6.92 Å². The lowest BCUT2D eigenvalue weighted by molar-refractivity contribution is -0.131. The molecule has 30 heavy (non-hydrogen) atoms. The zero-order valence-electron chi connectivity index (χ0n) is 19.3. The van der Waals surface area contributed by atoms with Crippen molar-refractivity contribution in [2.45, 2.75) is 53.1 Å². The van der Waals surface area contributed by atoms with Crippen molar-refractivity contribution in [1.29, 1.82) is 0 Å². The molecule has 0 saturated heterocycles. The Morgan fingerprint density at radius 3 is 1.87 bits per heavy atom. The molecule has 2 aromatic carbocycles. The van der Waals surface area contributed by atoms with Crippen LogP contribution in [0, 0.1) is 6.92 Å². The summed E-state index contributed by atoms with van der Waals surface area (Å²) in [6.45, 7) is 17.5. The molecule has 2 N–H and O–H groups in total. The average Bonchev–Trinajstić information content (AvgIpc) is 2.59. The number of hydrogen-bond acceptors (Lipinski definition) is 2. The number of benzene rings is 2. The molecule has 0 saturated carbocycles. The van der Waals surface area contributed by atoms with Crippen molar-refractivity contribution >= 4 is 49.7 Å². The monoisotopic (exact) mass is 439 g/mol. The van der Waals surface area contributed by atoms with Crippen molar-refractivity contribution in [1.82, 2.24) is 0 Å². The Morgan fingerprint density at radius 2 is 1.43 bits per heavy atom. The van der Waals surface area contributed by atoms with E-state index in [4.69, 9.17) is 5.11 Å². The SMILES string of the molecule is C/C(=C\C(=O)O)c1ccc(NC(=O)c2cc([Si](C)(C)C)cc([Si](C)(C)C)c2)cc1C. The minimum absolute atomic E-state index is 0.112. The van der Waals surface area contributed by atoms with Crippen LogP contribution in [0.2, 0.25) is 39.3 Å². The second kappa shape index (κ2) is 8.74. The van der Waals surface area contributed by atoms with Gasteiger partial charge in [0.15, 0.2) is 0 Å². The first-order valence-electron chi connectivity index (χ1n) is 10.2. The molecule has 0 spiro atoms. The van der Waals surface area contributed by atoms with Crippen LogP contribution >= 0.6 is 0 Å². The van der Waals surface area contributed by atoms with Gasteiger partial charge in [-0.3, -0.25) is 4.79 Å². The van der Waals surface area contributed by atoms with Gasteiger partial charge in [0.25, 0.3) is 5.91 Å². The lowest BCUT2D eigenvalue weighted by atomic mass is 10.0. The van der Waals surface area contributed by atoms with Gasteiger partial charge in [-0.1, -0.05) is 73.9 Å². The first-order valence-corrected chi connectivity index (χ1v) is 17.2. The average molecular weight is 440 g/mol. The van der Waals surface area contributed by atoms with Gasteiger partial charge in [0.05, 0.1) is 16.1 Å². The molecule has 0 aliphatic carbocycles.